The number of para-hydroxylation sites is 1. The quantitative estimate of drug-likeness (QED) is 0.475. The molecule has 4 heteroatoms. The molecule has 144 valence electrons. The highest BCUT2D eigenvalue weighted by Gasteiger charge is 2.08. The number of rotatable bonds is 11. The van der Waals surface area contributed by atoms with Crippen molar-refractivity contribution < 1.29 is 9.13 Å². The molecule has 0 radical (unpaired) electrons. The minimum absolute atomic E-state index is 0.195. The summed E-state index contributed by atoms with van der Waals surface area (Å²) >= 11 is 0. The number of nitrogens with zero attached hydrogens (tertiary/aromatic N) is 1. The van der Waals surface area contributed by atoms with Gasteiger partial charge >= 0.3 is 0 Å². The molecule has 3 aromatic rings. The first-order valence-electron chi connectivity index (χ1n) is 9.87. The number of fused-ring (bicyclic) bond motifs is 1. The number of hydrogen-bond donors (Lipinski definition) is 1. The summed E-state index contributed by atoms with van der Waals surface area (Å²) in [5.41, 5.74) is 3.60. The van der Waals surface area contributed by atoms with Crippen molar-refractivity contribution in [2.45, 2.75) is 39.3 Å². The number of aromatic nitrogens is 1. The summed E-state index contributed by atoms with van der Waals surface area (Å²) in [6, 6.07) is 15.2. The van der Waals surface area contributed by atoms with Crippen LogP contribution in [0.4, 0.5) is 4.39 Å². The molecule has 0 amide bonds. The van der Waals surface area contributed by atoms with Crippen LogP contribution in [0.3, 0.4) is 0 Å². The second-order valence-corrected chi connectivity index (χ2v) is 6.92. The van der Waals surface area contributed by atoms with E-state index in [1.165, 1.54) is 35.0 Å². The van der Waals surface area contributed by atoms with Gasteiger partial charge in [0.15, 0.2) is 0 Å². The van der Waals surface area contributed by atoms with Crippen LogP contribution in [0.5, 0.6) is 0 Å². The summed E-state index contributed by atoms with van der Waals surface area (Å²) in [6.07, 6.45) is 5.55. The molecule has 0 fully saturated rings. The average Bonchev–Trinajstić information content (AvgIpc) is 3.03. The molecule has 0 saturated heterocycles. The smallest absolute Gasteiger partial charge is 0.123 e. The van der Waals surface area contributed by atoms with Gasteiger partial charge in [-0.15, -0.1) is 0 Å². The Morgan fingerprint density at radius 2 is 1.78 bits per heavy atom. The fraction of sp³-hybridized carbons (Fsp3) is 0.391. The van der Waals surface area contributed by atoms with Gasteiger partial charge in [0.25, 0.3) is 0 Å². The molecular weight excluding hydrogens is 339 g/mol. The predicted molar refractivity (Wildman–Crippen MR) is 109 cm³/mol. The molecule has 0 spiro atoms. The number of ether oxygens (including phenoxy) is 1. The van der Waals surface area contributed by atoms with E-state index < -0.39 is 0 Å². The van der Waals surface area contributed by atoms with Crippen molar-refractivity contribution in [1.29, 1.82) is 0 Å². The third-order valence-electron chi connectivity index (χ3n) is 4.74. The third kappa shape index (κ3) is 5.65. The van der Waals surface area contributed by atoms with Crippen LogP contribution in [0.25, 0.3) is 10.9 Å². The lowest BCUT2D eigenvalue weighted by Gasteiger charge is -2.06. The Labute approximate surface area is 161 Å². The molecule has 0 saturated carbocycles. The lowest BCUT2D eigenvalue weighted by atomic mass is 10.2. The van der Waals surface area contributed by atoms with Crippen LogP contribution in [-0.4, -0.2) is 24.3 Å². The van der Waals surface area contributed by atoms with Crippen molar-refractivity contribution in [1.82, 2.24) is 9.88 Å². The maximum absolute atomic E-state index is 13.1. The van der Waals surface area contributed by atoms with E-state index in [9.17, 15) is 4.39 Å². The van der Waals surface area contributed by atoms with Crippen molar-refractivity contribution in [2.75, 3.05) is 19.8 Å². The highest BCUT2D eigenvalue weighted by Crippen LogP contribution is 2.22. The zero-order chi connectivity index (χ0) is 18.9. The molecule has 27 heavy (non-hydrogen) atoms. The van der Waals surface area contributed by atoms with Gasteiger partial charge in [0.05, 0.1) is 0 Å². The van der Waals surface area contributed by atoms with Crippen LogP contribution in [0, 0.1) is 5.82 Å². The molecule has 2 aromatic carbocycles. The van der Waals surface area contributed by atoms with Crippen molar-refractivity contribution in [3.8, 4) is 0 Å². The number of halogens is 1. The van der Waals surface area contributed by atoms with E-state index in [0.29, 0.717) is 0 Å². The molecule has 3 rings (SSSR count). The average molecular weight is 368 g/mol. The molecule has 1 heterocycles. The van der Waals surface area contributed by atoms with Crippen LogP contribution >= 0.6 is 0 Å². The lowest BCUT2D eigenvalue weighted by molar-refractivity contribution is 0.129. The van der Waals surface area contributed by atoms with Gasteiger partial charge in [0, 0.05) is 43.4 Å². The van der Waals surface area contributed by atoms with Crippen LogP contribution in [0.2, 0.25) is 0 Å². The van der Waals surface area contributed by atoms with Crippen molar-refractivity contribution in [2.24, 2.45) is 0 Å². The van der Waals surface area contributed by atoms with Crippen molar-refractivity contribution >= 4 is 10.9 Å². The zero-order valence-electron chi connectivity index (χ0n) is 16.1. The summed E-state index contributed by atoms with van der Waals surface area (Å²) in [4.78, 5) is 0. The molecule has 3 nitrogen and oxygen atoms in total. The Morgan fingerprint density at radius 3 is 2.59 bits per heavy atom. The first-order valence-corrected chi connectivity index (χ1v) is 9.87. The minimum Gasteiger partial charge on any atom is -0.381 e. The molecule has 1 N–H and O–H groups in total. The standard InChI is InChI=1S/C23H29FN2O/c1-2-3-14-27-15-6-13-25-16-20-18-26(23-8-5-4-7-22(20)23)17-19-9-11-21(24)12-10-19/h4-5,7-12,18,25H,2-3,6,13-17H2,1H3. The van der Waals surface area contributed by atoms with Crippen molar-refractivity contribution in [3.63, 3.8) is 0 Å². The maximum Gasteiger partial charge on any atom is 0.123 e. The first kappa shape index (κ1) is 19.6. The van der Waals surface area contributed by atoms with Gasteiger partial charge in [-0.25, -0.2) is 4.39 Å². The van der Waals surface area contributed by atoms with E-state index in [-0.39, 0.29) is 5.82 Å². The Balaban J connectivity index is 1.58. The fourth-order valence-corrected chi connectivity index (χ4v) is 3.25. The Kier molecular flexibility index (Phi) is 7.43. The number of nitrogens with one attached hydrogen (secondary N) is 1. The molecule has 0 aliphatic carbocycles. The number of hydrogen-bond acceptors (Lipinski definition) is 2. The van der Waals surface area contributed by atoms with Gasteiger partial charge in [0.1, 0.15) is 5.82 Å². The molecule has 1 aromatic heterocycles. The normalized spacial score (nSPS) is 11.3. The topological polar surface area (TPSA) is 26.2 Å². The van der Waals surface area contributed by atoms with E-state index in [4.69, 9.17) is 4.74 Å². The van der Waals surface area contributed by atoms with Gasteiger partial charge < -0.3 is 14.6 Å². The second-order valence-electron chi connectivity index (χ2n) is 6.92. The molecule has 0 atom stereocenters. The van der Waals surface area contributed by atoms with Gasteiger partial charge in [-0.1, -0.05) is 43.7 Å². The fourth-order valence-electron chi connectivity index (χ4n) is 3.25. The van der Waals surface area contributed by atoms with E-state index in [1.807, 2.05) is 12.1 Å². The first-order chi connectivity index (χ1) is 13.3. The molecule has 0 bridgehead atoms. The SMILES string of the molecule is CCCCOCCCNCc1cn(Cc2ccc(F)cc2)c2ccccc12. The number of benzene rings is 2. The Morgan fingerprint density at radius 1 is 1.00 bits per heavy atom. The highest BCUT2D eigenvalue weighted by atomic mass is 19.1. The largest absolute Gasteiger partial charge is 0.381 e. The molecule has 0 aliphatic rings. The van der Waals surface area contributed by atoms with E-state index >= 15 is 0 Å². The monoisotopic (exact) mass is 368 g/mol. The van der Waals surface area contributed by atoms with Crippen molar-refractivity contribution in [3.05, 3.63) is 71.7 Å². The zero-order valence-corrected chi connectivity index (χ0v) is 16.1. The lowest BCUT2D eigenvalue weighted by Crippen LogP contribution is -2.16. The Bertz CT molecular complexity index is 826. The van der Waals surface area contributed by atoms with Gasteiger partial charge in [0.2, 0.25) is 0 Å². The van der Waals surface area contributed by atoms with Crippen LogP contribution in [-0.2, 0) is 17.8 Å². The minimum atomic E-state index is -0.195. The van der Waals surface area contributed by atoms with E-state index in [2.05, 4.69) is 47.3 Å². The maximum atomic E-state index is 13.1. The predicted octanol–water partition coefficient (Wildman–Crippen LogP) is 5.13. The summed E-state index contributed by atoms with van der Waals surface area (Å²) in [5.74, 6) is -0.195. The van der Waals surface area contributed by atoms with E-state index in [0.717, 1.165) is 51.3 Å². The van der Waals surface area contributed by atoms with Gasteiger partial charge in [-0.05, 0) is 48.7 Å². The highest BCUT2D eigenvalue weighted by molar-refractivity contribution is 5.84. The van der Waals surface area contributed by atoms with Gasteiger partial charge in [-0.2, -0.15) is 0 Å². The summed E-state index contributed by atoms with van der Waals surface area (Å²) in [6.45, 7) is 6.39. The summed E-state index contributed by atoms with van der Waals surface area (Å²) < 4.78 is 21.0. The van der Waals surface area contributed by atoms with Crippen LogP contribution in [0.1, 0.15) is 37.3 Å². The molecule has 0 aliphatic heterocycles. The molecule has 0 unspecified atom stereocenters. The molecular formula is C23H29FN2O. The van der Waals surface area contributed by atoms with Crippen LogP contribution in [0.15, 0.2) is 54.7 Å². The third-order valence-corrected chi connectivity index (χ3v) is 4.74. The number of unbranched alkanes of at least 4 members (excludes halogenated alkanes) is 1. The summed E-state index contributed by atoms with van der Waals surface area (Å²) in [5, 5.41) is 4.80. The van der Waals surface area contributed by atoms with E-state index in [1.54, 1.807) is 0 Å². The summed E-state index contributed by atoms with van der Waals surface area (Å²) in [7, 11) is 0. The van der Waals surface area contributed by atoms with Gasteiger partial charge in [-0.3, -0.25) is 0 Å². The van der Waals surface area contributed by atoms with Crippen LogP contribution < -0.4 is 5.32 Å². The second kappa shape index (κ2) is 10.2. The Hall–Kier alpha value is -2.17.